The first-order chi connectivity index (χ1) is 5.66. The zero-order valence-electron chi connectivity index (χ0n) is 8.48. The van der Waals surface area contributed by atoms with Gasteiger partial charge >= 0.3 is 0 Å². The second kappa shape index (κ2) is 8.06. The van der Waals surface area contributed by atoms with Crippen LogP contribution in [0, 0.1) is 5.92 Å². The van der Waals surface area contributed by atoms with Gasteiger partial charge in [-0.2, -0.15) is 0 Å². The number of halogens is 1. The minimum Gasteiger partial charge on any atom is -0.379 e. The summed E-state index contributed by atoms with van der Waals surface area (Å²) in [6.45, 7) is 7.39. The predicted octanol–water partition coefficient (Wildman–Crippen LogP) is 3.61. The largest absolute Gasteiger partial charge is 0.379 e. The average Bonchev–Trinajstić information content (AvgIpc) is 2.00. The summed E-state index contributed by atoms with van der Waals surface area (Å²) in [5.74, 6) is 0.807. The lowest BCUT2D eigenvalue weighted by atomic mass is 10.0. The van der Waals surface area contributed by atoms with E-state index in [0.29, 0.717) is 6.10 Å². The van der Waals surface area contributed by atoms with Crippen molar-refractivity contribution < 1.29 is 4.74 Å². The smallest absolute Gasteiger partial charge is 0.0518 e. The third-order valence-corrected chi connectivity index (χ3v) is 2.45. The van der Waals surface area contributed by atoms with Crippen LogP contribution in [0.3, 0.4) is 0 Å². The topological polar surface area (TPSA) is 9.23 Å². The Morgan fingerprint density at radius 1 is 1.17 bits per heavy atom. The highest BCUT2D eigenvalue weighted by atomic mass is 79.9. The molecule has 0 spiro atoms. The highest BCUT2D eigenvalue weighted by Gasteiger charge is 2.01. The van der Waals surface area contributed by atoms with Gasteiger partial charge < -0.3 is 4.74 Å². The Morgan fingerprint density at radius 2 is 1.83 bits per heavy atom. The molecule has 0 heterocycles. The molecule has 0 aromatic carbocycles. The first-order valence-corrected chi connectivity index (χ1v) is 5.96. The molecule has 0 N–H and O–H groups in total. The van der Waals surface area contributed by atoms with E-state index in [1.54, 1.807) is 0 Å². The standard InChI is InChI=1S/C10H21BrO/c1-9(2)12-8-6-10(3)5-4-7-11/h9-10H,4-8H2,1-3H3. The monoisotopic (exact) mass is 236 g/mol. The van der Waals surface area contributed by atoms with E-state index in [-0.39, 0.29) is 0 Å². The molecule has 0 fully saturated rings. The Hall–Kier alpha value is 0.440. The van der Waals surface area contributed by atoms with Crippen LogP contribution in [0.2, 0.25) is 0 Å². The molecule has 74 valence electrons. The van der Waals surface area contributed by atoms with E-state index in [2.05, 4.69) is 36.7 Å². The van der Waals surface area contributed by atoms with E-state index in [9.17, 15) is 0 Å². The van der Waals surface area contributed by atoms with Crippen LogP contribution in [0.5, 0.6) is 0 Å². The summed E-state index contributed by atoms with van der Waals surface area (Å²) in [4.78, 5) is 0. The summed E-state index contributed by atoms with van der Waals surface area (Å²) < 4.78 is 5.48. The van der Waals surface area contributed by atoms with Gasteiger partial charge in [0.25, 0.3) is 0 Å². The Bertz CT molecular complexity index is 93.8. The Balaban J connectivity index is 3.13. The van der Waals surface area contributed by atoms with Gasteiger partial charge in [0, 0.05) is 11.9 Å². The van der Waals surface area contributed by atoms with Crippen molar-refractivity contribution in [2.45, 2.75) is 46.1 Å². The SMILES string of the molecule is CC(CCCBr)CCOC(C)C. The van der Waals surface area contributed by atoms with E-state index in [1.165, 1.54) is 19.3 Å². The molecule has 0 aromatic heterocycles. The number of hydrogen-bond donors (Lipinski definition) is 0. The van der Waals surface area contributed by atoms with Gasteiger partial charge in [0.15, 0.2) is 0 Å². The molecular formula is C10H21BrO. The van der Waals surface area contributed by atoms with Crippen molar-refractivity contribution in [1.82, 2.24) is 0 Å². The number of ether oxygens (including phenoxy) is 1. The number of rotatable bonds is 7. The van der Waals surface area contributed by atoms with Crippen LogP contribution < -0.4 is 0 Å². The zero-order valence-corrected chi connectivity index (χ0v) is 10.1. The molecule has 1 atom stereocenters. The Labute approximate surface area is 85.0 Å². The van der Waals surface area contributed by atoms with Gasteiger partial charge in [0.05, 0.1) is 6.10 Å². The van der Waals surface area contributed by atoms with E-state index in [4.69, 9.17) is 4.74 Å². The maximum absolute atomic E-state index is 5.48. The zero-order chi connectivity index (χ0) is 9.40. The first-order valence-electron chi connectivity index (χ1n) is 4.84. The average molecular weight is 237 g/mol. The van der Waals surface area contributed by atoms with Gasteiger partial charge in [-0.3, -0.25) is 0 Å². The van der Waals surface area contributed by atoms with Gasteiger partial charge in [-0.1, -0.05) is 22.9 Å². The molecule has 0 amide bonds. The lowest BCUT2D eigenvalue weighted by Crippen LogP contribution is -2.07. The van der Waals surface area contributed by atoms with Crippen LogP contribution >= 0.6 is 15.9 Å². The van der Waals surface area contributed by atoms with Gasteiger partial charge in [0.1, 0.15) is 0 Å². The third-order valence-electron chi connectivity index (χ3n) is 1.89. The molecule has 0 aliphatic rings. The van der Waals surface area contributed by atoms with Crippen molar-refractivity contribution in [2.24, 2.45) is 5.92 Å². The second-order valence-corrected chi connectivity index (χ2v) is 4.44. The van der Waals surface area contributed by atoms with E-state index >= 15 is 0 Å². The molecule has 1 nitrogen and oxygen atoms in total. The fraction of sp³-hybridized carbons (Fsp3) is 1.00. The summed E-state index contributed by atoms with van der Waals surface area (Å²) in [6.07, 6.45) is 4.18. The minimum absolute atomic E-state index is 0.383. The van der Waals surface area contributed by atoms with Crippen molar-refractivity contribution in [3.8, 4) is 0 Å². The van der Waals surface area contributed by atoms with Crippen molar-refractivity contribution in [2.75, 3.05) is 11.9 Å². The van der Waals surface area contributed by atoms with Crippen LogP contribution in [-0.2, 0) is 4.74 Å². The first kappa shape index (κ1) is 12.4. The molecule has 0 aliphatic heterocycles. The van der Waals surface area contributed by atoms with Gasteiger partial charge in [-0.25, -0.2) is 0 Å². The Kier molecular flexibility index (Phi) is 8.35. The predicted molar refractivity (Wildman–Crippen MR) is 57.9 cm³/mol. The summed E-state index contributed by atoms with van der Waals surface area (Å²) in [6, 6.07) is 0. The second-order valence-electron chi connectivity index (χ2n) is 3.64. The van der Waals surface area contributed by atoms with E-state index < -0.39 is 0 Å². The van der Waals surface area contributed by atoms with E-state index in [0.717, 1.165) is 17.9 Å². The van der Waals surface area contributed by atoms with Crippen molar-refractivity contribution in [3.63, 3.8) is 0 Å². The number of alkyl halides is 1. The summed E-state index contributed by atoms with van der Waals surface area (Å²) in [5.41, 5.74) is 0. The highest BCUT2D eigenvalue weighted by molar-refractivity contribution is 9.09. The van der Waals surface area contributed by atoms with Crippen molar-refractivity contribution in [1.29, 1.82) is 0 Å². The molecule has 2 heteroatoms. The maximum Gasteiger partial charge on any atom is 0.0518 e. The maximum atomic E-state index is 5.48. The highest BCUT2D eigenvalue weighted by Crippen LogP contribution is 2.11. The van der Waals surface area contributed by atoms with Crippen LogP contribution in [0.4, 0.5) is 0 Å². The lowest BCUT2D eigenvalue weighted by Gasteiger charge is -2.12. The molecule has 0 aliphatic carbocycles. The molecule has 0 saturated heterocycles. The van der Waals surface area contributed by atoms with Gasteiger partial charge in [-0.15, -0.1) is 0 Å². The summed E-state index contributed by atoms with van der Waals surface area (Å²) >= 11 is 3.44. The quantitative estimate of drug-likeness (QED) is 0.614. The van der Waals surface area contributed by atoms with Crippen LogP contribution in [0.1, 0.15) is 40.0 Å². The van der Waals surface area contributed by atoms with Crippen molar-refractivity contribution >= 4 is 15.9 Å². The molecule has 0 bridgehead atoms. The van der Waals surface area contributed by atoms with Gasteiger partial charge in [-0.05, 0) is 39.0 Å². The minimum atomic E-state index is 0.383. The molecule has 1 unspecified atom stereocenters. The van der Waals surface area contributed by atoms with Crippen LogP contribution in [-0.4, -0.2) is 18.0 Å². The van der Waals surface area contributed by atoms with Crippen LogP contribution in [0.15, 0.2) is 0 Å². The number of hydrogen-bond acceptors (Lipinski definition) is 1. The normalized spacial score (nSPS) is 13.8. The van der Waals surface area contributed by atoms with Crippen LogP contribution in [0.25, 0.3) is 0 Å². The third kappa shape index (κ3) is 8.54. The molecule has 12 heavy (non-hydrogen) atoms. The van der Waals surface area contributed by atoms with E-state index in [1.807, 2.05) is 0 Å². The summed E-state index contributed by atoms with van der Waals surface area (Å²) in [7, 11) is 0. The lowest BCUT2D eigenvalue weighted by molar-refractivity contribution is 0.0691. The molecular weight excluding hydrogens is 216 g/mol. The molecule has 0 saturated carbocycles. The molecule has 0 rings (SSSR count). The molecule has 0 radical (unpaired) electrons. The summed E-state index contributed by atoms with van der Waals surface area (Å²) in [5, 5.41) is 1.13. The Morgan fingerprint density at radius 3 is 2.33 bits per heavy atom. The van der Waals surface area contributed by atoms with Crippen molar-refractivity contribution in [3.05, 3.63) is 0 Å². The fourth-order valence-corrected chi connectivity index (χ4v) is 1.40. The molecule has 0 aromatic rings. The van der Waals surface area contributed by atoms with Gasteiger partial charge in [0.2, 0.25) is 0 Å². The fourth-order valence-electron chi connectivity index (χ4n) is 1.07.